The van der Waals surface area contributed by atoms with Crippen molar-refractivity contribution in [2.45, 2.75) is 4.90 Å². The number of anilines is 1. The minimum absolute atomic E-state index is 0.120. The highest BCUT2D eigenvalue weighted by Gasteiger charge is 2.21. The molecule has 25 heavy (non-hydrogen) atoms. The summed E-state index contributed by atoms with van der Waals surface area (Å²) < 4.78 is 11.8. The van der Waals surface area contributed by atoms with Crippen molar-refractivity contribution in [1.82, 2.24) is 0 Å². The predicted octanol–water partition coefficient (Wildman–Crippen LogP) is 4.40. The summed E-state index contributed by atoms with van der Waals surface area (Å²) in [5, 5.41) is 2.90. The maximum Gasteiger partial charge on any atom is 0.262 e. The molecule has 4 nitrogen and oxygen atoms in total. The highest BCUT2D eigenvalue weighted by molar-refractivity contribution is 14.1. The van der Waals surface area contributed by atoms with Gasteiger partial charge in [0, 0.05) is 4.90 Å². The normalized spacial score (nSPS) is 14.4. The molecule has 1 N–H and O–H groups in total. The minimum atomic E-state index is -0.120. The monoisotopic (exact) mass is 463 g/mol. The van der Waals surface area contributed by atoms with E-state index in [9.17, 15) is 4.79 Å². The van der Waals surface area contributed by atoms with Crippen LogP contribution in [0.2, 0.25) is 0 Å². The highest BCUT2D eigenvalue weighted by atomic mass is 127. The summed E-state index contributed by atoms with van der Waals surface area (Å²) in [5.74, 6) is 3.51. The van der Waals surface area contributed by atoms with E-state index in [1.807, 2.05) is 42.5 Å². The number of para-hydroxylation sites is 1. The number of rotatable bonds is 4. The van der Waals surface area contributed by atoms with Gasteiger partial charge in [0.05, 0.1) is 21.3 Å². The number of carbonyl (C=O) groups is 1. The van der Waals surface area contributed by atoms with Crippen LogP contribution < -0.4 is 14.8 Å². The standard InChI is InChI=1S/C19H14INO3S/c1-3-8-24-18-13(20)9-12(10-15(18)23-2)11-17-19(22)21-14-6-4-5-7-16(14)25-17/h1,4-7,9-11H,8H2,2H3,(H,21,22)/b17-11-. The minimum Gasteiger partial charge on any atom is -0.493 e. The fraction of sp³-hybridized carbons (Fsp3) is 0.105. The van der Waals surface area contributed by atoms with Gasteiger partial charge < -0.3 is 14.8 Å². The van der Waals surface area contributed by atoms with Gasteiger partial charge in [0.1, 0.15) is 6.61 Å². The average Bonchev–Trinajstić information content (AvgIpc) is 2.61. The van der Waals surface area contributed by atoms with Crippen LogP contribution >= 0.6 is 34.4 Å². The Morgan fingerprint density at radius 3 is 2.92 bits per heavy atom. The molecule has 1 aliphatic rings. The van der Waals surface area contributed by atoms with Crippen LogP contribution in [0.1, 0.15) is 5.56 Å². The Bertz CT molecular complexity index is 902. The number of carbonyl (C=O) groups excluding carboxylic acids is 1. The largest absolute Gasteiger partial charge is 0.493 e. The van der Waals surface area contributed by atoms with Gasteiger partial charge in [0.25, 0.3) is 5.91 Å². The van der Waals surface area contributed by atoms with Gasteiger partial charge in [-0.3, -0.25) is 4.79 Å². The Morgan fingerprint density at radius 2 is 2.16 bits per heavy atom. The van der Waals surface area contributed by atoms with E-state index in [4.69, 9.17) is 15.9 Å². The molecule has 0 saturated heterocycles. The molecule has 0 bridgehead atoms. The molecule has 0 spiro atoms. The summed E-state index contributed by atoms with van der Waals surface area (Å²) in [6, 6.07) is 11.5. The summed E-state index contributed by atoms with van der Waals surface area (Å²) >= 11 is 3.61. The summed E-state index contributed by atoms with van der Waals surface area (Å²) in [6.07, 6.45) is 7.09. The second-order valence-corrected chi connectivity index (χ2v) is 7.33. The van der Waals surface area contributed by atoms with E-state index < -0.39 is 0 Å². The summed E-state index contributed by atoms with van der Waals surface area (Å²) in [6.45, 7) is 0.168. The number of benzene rings is 2. The molecule has 0 saturated carbocycles. The molecule has 0 radical (unpaired) electrons. The topological polar surface area (TPSA) is 47.6 Å². The van der Waals surface area contributed by atoms with Crippen molar-refractivity contribution in [1.29, 1.82) is 0 Å². The molecular weight excluding hydrogens is 449 g/mol. The Hall–Kier alpha value is -2.11. The van der Waals surface area contributed by atoms with Crippen LogP contribution in [-0.2, 0) is 4.79 Å². The maximum absolute atomic E-state index is 12.3. The molecule has 3 rings (SSSR count). The van der Waals surface area contributed by atoms with Crippen molar-refractivity contribution in [3.8, 4) is 23.8 Å². The Balaban J connectivity index is 1.95. The van der Waals surface area contributed by atoms with Crippen LogP contribution in [0.4, 0.5) is 5.69 Å². The van der Waals surface area contributed by atoms with E-state index in [0.717, 1.165) is 19.7 Å². The molecular formula is C19H14INO3S. The third-order valence-electron chi connectivity index (χ3n) is 3.43. The zero-order valence-corrected chi connectivity index (χ0v) is 16.3. The lowest BCUT2D eigenvalue weighted by Crippen LogP contribution is -2.17. The van der Waals surface area contributed by atoms with Gasteiger partial charge in [0.15, 0.2) is 11.5 Å². The van der Waals surface area contributed by atoms with Crippen molar-refractivity contribution in [2.75, 3.05) is 19.0 Å². The third-order valence-corrected chi connectivity index (χ3v) is 5.33. The fourth-order valence-electron chi connectivity index (χ4n) is 2.33. The number of ether oxygens (including phenoxy) is 2. The van der Waals surface area contributed by atoms with Crippen LogP contribution in [0.25, 0.3) is 6.08 Å². The van der Waals surface area contributed by atoms with Gasteiger partial charge >= 0.3 is 0 Å². The van der Waals surface area contributed by atoms with E-state index in [2.05, 4.69) is 33.8 Å². The number of nitrogens with one attached hydrogen (secondary N) is 1. The molecule has 126 valence electrons. The second-order valence-electron chi connectivity index (χ2n) is 5.09. The first kappa shape index (κ1) is 17.7. The molecule has 0 aromatic heterocycles. The molecule has 1 heterocycles. The van der Waals surface area contributed by atoms with Crippen molar-refractivity contribution in [3.05, 3.63) is 50.4 Å². The van der Waals surface area contributed by atoms with Gasteiger partial charge in [-0.25, -0.2) is 0 Å². The lowest BCUT2D eigenvalue weighted by Gasteiger charge is -2.18. The van der Waals surface area contributed by atoms with Gasteiger partial charge in [-0.05, 0) is 58.5 Å². The maximum atomic E-state index is 12.3. The number of terminal acetylenes is 1. The van der Waals surface area contributed by atoms with Crippen LogP contribution in [0.5, 0.6) is 11.5 Å². The number of fused-ring (bicyclic) bond motifs is 1. The SMILES string of the molecule is C#CCOc1c(I)cc(/C=C2\Sc3ccccc3NC2=O)cc1OC. The molecule has 0 aliphatic carbocycles. The molecule has 6 heteroatoms. The summed E-state index contributed by atoms with van der Waals surface area (Å²) in [4.78, 5) is 14.0. The molecule has 0 atom stereocenters. The van der Waals surface area contributed by atoms with Crippen LogP contribution in [0.15, 0.2) is 46.2 Å². The van der Waals surface area contributed by atoms with E-state index in [1.54, 1.807) is 7.11 Å². The molecule has 0 fully saturated rings. The quantitative estimate of drug-likeness (QED) is 0.415. The smallest absolute Gasteiger partial charge is 0.262 e. The lowest BCUT2D eigenvalue weighted by molar-refractivity contribution is -0.112. The molecule has 2 aromatic carbocycles. The number of methoxy groups -OCH3 is 1. The van der Waals surface area contributed by atoms with Crippen LogP contribution in [0.3, 0.4) is 0 Å². The van der Waals surface area contributed by atoms with Gasteiger partial charge in [-0.15, -0.1) is 6.42 Å². The van der Waals surface area contributed by atoms with E-state index >= 15 is 0 Å². The van der Waals surface area contributed by atoms with Crippen LogP contribution in [-0.4, -0.2) is 19.6 Å². The van der Waals surface area contributed by atoms with Crippen molar-refractivity contribution in [2.24, 2.45) is 0 Å². The second kappa shape index (κ2) is 7.85. The number of halogens is 1. The first-order valence-corrected chi connectivity index (χ1v) is 9.25. The predicted molar refractivity (Wildman–Crippen MR) is 109 cm³/mol. The first-order valence-electron chi connectivity index (χ1n) is 7.36. The summed E-state index contributed by atoms with van der Waals surface area (Å²) in [7, 11) is 1.57. The van der Waals surface area contributed by atoms with E-state index in [1.165, 1.54) is 11.8 Å². The lowest BCUT2D eigenvalue weighted by atomic mass is 10.2. The first-order chi connectivity index (χ1) is 12.1. The number of hydrogen-bond acceptors (Lipinski definition) is 4. The molecule has 0 unspecified atom stereocenters. The Morgan fingerprint density at radius 1 is 1.36 bits per heavy atom. The number of hydrogen-bond donors (Lipinski definition) is 1. The molecule has 1 aliphatic heterocycles. The van der Waals surface area contributed by atoms with Crippen LogP contribution in [0, 0.1) is 15.9 Å². The molecule has 1 amide bonds. The third kappa shape index (κ3) is 3.94. The average molecular weight is 463 g/mol. The van der Waals surface area contributed by atoms with Crippen molar-refractivity contribution >= 4 is 52.0 Å². The fourth-order valence-corrected chi connectivity index (χ4v) is 4.06. The van der Waals surface area contributed by atoms with Gasteiger partial charge in [-0.1, -0.05) is 29.8 Å². The number of amides is 1. The van der Waals surface area contributed by atoms with Crippen molar-refractivity contribution < 1.29 is 14.3 Å². The number of thioether (sulfide) groups is 1. The Labute approximate surface area is 164 Å². The van der Waals surface area contributed by atoms with Gasteiger partial charge in [0.2, 0.25) is 0 Å². The molecule has 2 aromatic rings. The summed E-state index contributed by atoms with van der Waals surface area (Å²) in [5.41, 5.74) is 1.69. The Kier molecular flexibility index (Phi) is 5.56. The zero-order valence-electron chi connectivity index (χ0n) is 13.3. The van der Waals surface area contributed by atoms with Crippen molar-refractivity contribution in [3.63, 3.8) is 0 Å². The van der Waals surface area contributed by atoms with E-state index in [-0.39, 0.29) is 12.5 Å². The van der Waals surface area contributed by atoms with Gasteiger partial charge in [-0.2, -0.15) is 0 Å². The zero-order chi connectivity index (χ0) is 17.8. The van der Waals surface area contributed by atoms with E-state index in [0.29, 0.717) is 16.4 Å². The highest BCUT2D eigenvalue weighted by Crippen LogP contribution is 2.40.